The largest absolute Gasteiger partial charge is 0.389 e. The van der Waals surface area contributed by atoms with E-state index in [9.17, 15) is 13.2 Å². The summed E-state index contributed by atoms with van der Waals surface area (Å²) in [5.74, 6) is 0. The summed E-state index contributed by atoms with van der Waals surface area (Å²) in [4.78, 5) is 10.7. The third kappa shape index (κ3) is 4.44. The van der Waals surface area contributed by atoms with Crippen LogP contribution in [-0.4, -0.2) is 32.5 Å². The number of aryl methyl sites for hydroxylation is 1. The number of benzene rings is 1. The predicted octanol–water partition coefficient (Wildman–Crippen LogP) is -0.424. The Morgan fingerprint density at radius 3 is 2.50 bits per heavy atom. The smallest absolute Gasteiger partial charge is 0.312 e. The molecule has 0 aromatic heterocycles. The second kappa shape index (κ2) is 6.64. The highest BCUT2D eigenvalue weighted by molar-refractivity contribution is 7.89. The van der Waals surface area contributed by atoms with E-state index in [4.69, 9.17) is 23.7 Å². The van der Waals surface area contributed by atoms with Crippen LogP contribution in [0, 0.1) is 6.92 Å². The molecule has 1 aromatic rings. The zero-order valence-electron chi connectivity index (χ0n) is 10.8. The second-order valence-electron chi connectivity index (χ2n) is 4.03. The number of primary amides is 1. The molecule has 0 atom stereocenters. The van der Waals surface area contributed by atoms with Crippen molar-refractivity contribution in [3.63, 3.8) is 0 Å². The number of thiocarbonyl (C=S) groups is 1. The van der Waals surface area contributed by atoms with Crippen LogP contribution in [0.3, 0.4) is 0 Å². The summed E-state index contributed by atoms with van der Waals surface area (Å²) in [7, 11) is -3.70. The van der Waals surface area contributed by atoms with Crippen LogP contribution in [0.1, 0.15) is 11.1 Å². The number of hydrogen-bond donors (Lipinski definition) is 4. The molecule has 0 spiro atoms. The molecular formula is C11H16N4O3S2. The van der Waals surface area contributed by atoms with Crippen LogP contribution < -0.4 is 21.5 Å². The molecule has 110 valence electrons. The summed E-state index contributed by atoms with van der Waals surface area (Å²) >= 11 is 4.82. The minimum absolute atomic E-state index is 0.0298. The van der Waals surface area contributed by atoms with Crippen LogP contribution in [-0.2, 0) is 10.0 Å². The number of amides is 2. The van der Waals surface area contributed by atoms with Gasteiger partial charge in [-0.05, 0) is 18.6 Å². The Kier molecular flexibility index (Phi) is 5.43. The standard InChI is InChI=1S/C11H16N4O3S2/c1-7-2-3-8(10(12)19)6-9(7)20(17,18)15-5-4-14-11(13)16/h2-3,6,15H,4-5H2,1H3,(H2,12,19)(H3,13,14,16). The van der Waals surface area contributed by atoms with E-state index in [1.807, 2.05) is 0 Å². The molecule has 7 nitrogen and oxygen atoms in total. The highest BCUT2D eigenvalue weighted by Gasteiger charge is 2.17. The van der Waals surface area contributed by atoms with Gasteiger partial charge in [-0.2, -0.15) is 0 Å². The molecule has 0 unspecified atom stereocenters. The fourth-order valence-corrected chi connectivity index (χ4v) is 2.92. The van der Waals surface area contributed by atoms with E-state index in [1.165, 1.54) is 6.07 Å². The third-order valence-electron chi connectivity index (χ3n) is 2.48. The number of sulfonamides is 1. The lowest BCUT2D eigenvalue weighted by atomic mass is 10.1. The summed E-state index contributed by atoms with van der Waals surface area (Å²) in [6.07, 6.45) is 0. The number of hydrogen-bond acceptors (Lipinski definition) is 4. The van der Waals surface area contributed by atoms with E-state index in [2.05, 4.69) is 10.0 Å². The van der Waals surface area contributed by atoms with Crippen molar-refractivity contribution in [2.75, 3.05) is 13.1 Å². The molecule has 1 aromatic carbocycles. The maximum atomic E-state index is 12.1. The monoisotopic (exact) mass is 316 g/mol. The van der Waals surface area contributed by atoms with Crippen molar-refractivity contribution in [1.29, 1.82) is 0 Å². The first kappa shape index (κ1) is 16.3. The van der Waals surface area contributed by atoms with Crippen molar-refractivity contribution in [3.8, 4) is 0 Å². The summed E-state index contributed by atoms with van der Waals surface area (Å²) in [5, 5.41) is 2.28. The van der Waals surface area contributed by atoms with Gasteiger partial charge in [0.1, 0.15) is 4.99 Å². The van der Waals surface area contributed by atoms with E-state index in [0.29, 0.717) is 11.1 Å². The quantitative estimate of drug-likeness (QED) is 0.418. The van der Waals surface area contributed by atoms with E-state index in [1.54, 1.807) is 19.1 Å². The highest BCUT2D eigenvalue weighted by Crippen LogP contribution is 2.16. The van der Waals surface area contributed by atoms with Crippen LogP contribution >= 0.6 is 12.2 Å². The number of urea groups is 1. The maximum absolute atomic E-state index is 12.1. The van der Waals surface area contributed by atoms with Gasteiger partial charge in [0.2, 0.25) is 10.0 Å². The molecule has 2 amide bonds. The van der Waals surface area contributed by atoms with E-state index >= 15 is 0 Å². The number of nitrogens with two attached hydrogens (primary N) is 2. The number of nitrogens with one attached hydrogen (secondary N) is 2. The van der Waals surface area contributed by atoms with Crippen molar-refractivity contribution in [2.24, 2.45) is 11.5 Å². The van der Waals surface area contributed by atoms with Gasteiger partial charge < -0.3 is 16.8 Å². The number of carbonyl (C=O) groups is 1. The van der Waals surface area contributed by atoms with Crippen molar-refractivity contribution in [2.45, 2.75) is 11.8 Å². The average Bonchev–Trinajstić information content (AvgIpc) is 2.34. The van der Waals surface area contributed by atoms with Gasteiger partial charge in [0.05, 0.1) is 4.90 Å². The van der Waals surface area contributed by atoms with Crippen LogP contribution in [0.2, 0.25) is 0 Å². The SMILES string of the molecule is Cc1ccc(C(N)=S)cc1S(=O)(=O)NCCNC(N)=O. The fraction of sp³-hybridized carbons (Fsp3) is 0.273. The molecule has 9 heteroatoms. The topological polar surface area (TPSA) is 127 Å². The van der Waals surface area contributed by atoms with Gasteiger partial charge in [-0.15, -0.1) is 0 Å². The van der Waals surface area contributed by atoms with E-state index in [0.717, 1.165) is 0 Å². The Bertz CT molecular complexity index is 629. The summed E-state index contributed by atoms with van der Waals surface area (Å²) in [5.41, 5.74) is 11.4. The average molecular weight is 316 g/mol. The Morgan fingerprint density at radius 1 is 1.30 bits per heavy atom. The molecule has 0 bridgehead atoms. The fourth-order valence-electron chi connectivity index (χ4n) is 1.49. The summed E-state index contributed by atoms with van der Waals surface area (Å²) in [6.45, 7) is 1.80. The van der Waals surface area contributed by atoms with Gasteiger partial charge in [0.15, 0.2) is 0 Å². The second-order valence-corrected chi connectivity index (χ2v) is 6.21. The van der Waals surface area contributed by atoms with Crippen LogP contribution in [0.4, 0.5) is 4.79 Å². The number of rotatable bonds is 6. The summed E-state index contributed by atoms with van der Waals surface area (Å²) < 4.78 is 26.6. The highest BCUT2D eigenvalue weighted by atomic mass is 32.2. The predicted molar refractivity (Wildman–Crippen MR) is 79.8 cm³/mol. The molecule has 0 aliphatic heterocycles. The molecule has 0 saturated heterocycles. The lowest BCUT2D eigenvalue weighted by Gasteiger charge is -2.11. The van der Waals surface area contributed by atoms with Crippen molar-refractivity contribution >= 4 is 33.3 Å². The first-order valence-corrected chi connectivity index (χ1v) is 7.56. The minimum atomic E-state index is -3.70. The Hall–Kier alpha value is -1.71. The first-order valence-electron chi connectivity index (χ1n) is 5.67. The molecule has 6 N–H and O–H groups in total. The van der Waals surface area contributed by atoms with Gasteiger partial charge in [0, 0.05) is 18.7 Å². The van der Waals surface area contributed by atoms with Crippen molar-refractivity contribution in [1.82, 2.24) is 10.0 Å². The van der Waals surface area contributed by atoms with Gasteiger partial charge in [-0.3, -0.25) is 0 Å². The van der Waals surface area contributed by atoms with Crippen LogP contribution in [0.5, 0.6) is 0 Å². The van der Waals surface area contributed by atoms with Crippen molar-refractivity contribution < 1.29 is 13.2 Å². The molecule has 0 fully saturated rings. The zero-order chi connectivity index (χ0) is 15.3. The number of carbonyl (C=O) groups excluding carboxylic acids is 1. The molecule has 1 rings (SSSR count). The molecule has 0 saturated carbocycles. The van der Waals surface area contributed by atoms with E-state index < -0.39 is 16.1 Å². The Balaban J connectivity index is 2.89. The minimum Gasteiger partial charge on any atom is -0.389 e. The van der Waals surface area contributed by atoms with Gasteiger partial charge in [0.25, 0.3) is 0 Å². The maximum Gasteiger partial charge on any atom is 0.312 e. The Morgan fingerprint density at radius 2 is 1.95 bits per heavy atom. The molecule has 20 heavy (non-hydrogen) atoms. The molecule has 0 aliphatic rings. The normalized spacial score (nSPS) is 11.1. The van der Waals surface area contributed by atoms with Gasteiger partial charge >= 0.3 is 6.03 Å². The van der Waals surface area contributed by atoms with Crippen LogP contribution in [0.15, 0.2) is 23.1 Å². The van der Waals surface area contributed by atoms with Crippen LogP contribution in [0.25, 0.3) is 0 Å². The lowest BCUT2D eigenvalue weighted by Crippen LogP contribution is -2.37. The molecule has 0 radical (unpaired) electrons. The Labute approximate surface area is 122 Å². The third-order valence-corrected chi connectivity index (χ3v) is 4.32. The summed E-state index contributed by atoms with van der Waals surface area (Å²) in [6, 6.07) is 3.99. The first-order chi connectivity index (χ1) is 9.24. The lowest BCUT2D eigenvalue weighted by molar-refractivity contribution is 0.249. The van der Waals surface area contributed by atoms with Gasteiger partial charge in [-0.1, -0.05) is 24.4 Å². The van der Waals surface area contributed by atoms with E-state index in [-0.39, 0.29) is 23.0 Å². The van der Waals surface area contributed by atoms with Gasteiger partial charge in [-0.25, -0.2) is 17.9 Å². The molecular weight excluding hydrogens is 300 g/mol. The zero-order valence-corrected chi connectivity index (χ0v) is 12.5. The van der Waals surface area contributed by atoms with Crippen molar-refractivity contribution in [3.05, 3.63) is 29.3 Å². The molecule has 0 aliphatic carbocycles. The molecule has 0 heterocycles.